The van der Waals surface area contributed by atoms with Crippen molar-refractivity contribution in [2.24, 2.45) is 5.73 Å². The van der Waals surface area contributed by atoms with Crippen LogP contribution in [0.1, 0.15) is 24.9 Å². The zero-order valence-electron chi connectivity index (χ0n) is 8.92. The summed E-state index contributed by atoms with van der Waals surface area (Å²) < 4.78 is 40.9. The van der Waals surface area contributed by atoms with Crippen molar-refractivity contribution in [3.05, 3.63) is 28.2 Å². The van der Waals surface area contributed by atoms with E-state index in [1.54, 1.807) is 6.92 Å². The van der Waals surface area contributed by atoms with E-state index >= 15 is 0 Å². The van der Waals surface area contributed by atoms with Crippen LogP contribution in [-0.4, -0.2) is 6.36 Å². The molecular formula is C10H12BrClF3NO. The zero-order valence-corrected chi connectivity index (χ0v) is 11.3. The van der Waals surface area contributed by atoms with Crippen LogP contribution >= 0.6 is 28.3 Å². The van der Waals surface area contributed by atoms with E-state index in [-0.39, 0.29) is 18.2 Å². The molecule has 0 saturated carbocycles. The molecule has 1 rings (SSSR count). The molecule has 2 nitrogen and oxygen atoms in total. The van der Waals surface area contributed by atoms with Crippen LogP contribution in [0.4, 0.5) is 13.2 Å². The van der Waals surface area contributed by atoms with Crippen molar-refractivity contribution in [1.29, 1.82) is 0 Å². The van der Waals surface area contributed by atoms with Crippen molar-refractivity contribution in [2.45, 2.75) is 25.7 Å². The molecule has 7 heteroatoms. The van der Waals surface area contributed by atoms with Gasteiger partial charge in [0.2, 0.25) is 0 Å². The first kappa shape index (κ1) is 16.5. The van der Waals surface area contributed by atoms with Gasteiger partial charge in [-0.1, -0.05) is 22.9 Å². The second kappa shape index (κ2) is 6.47. The van der Waals surface area contributed by atoms with Gasteiger partial charge < -0.3 is 10.5 Å². The number of benzene rings is 1. The Balaban J connectivity index is 0.00000256. The molecule has 17 heavy (non-hydrogen) atoms. The topological polar surface area (TPSA) is 35.2 Å². The fraction of sp³-hybridized carbons (Fsp3) is 0.400. The fourth-order valence-electron chi connectivity index (χ4n) is 1.25. The molecule has 0 radical (unpaired) electrons. The lowest BCUT2D eigenvalue weighted by Crippen LogP contribution is -2.20. The molecule has 0 aromatic heterocycles. The van der Waals surface area contributed by atoms with E-state index in [0.29, 0.717) is 16.5 Å². The highest BCUT2D eigenvalue weighted by molar-refractivity contribution is 9.10. The summed E-state index contributed by atoms with van der Waals surface area (Å²) in [5, 5.41) is 0. The van der Waals surface area contributed by atoms with Gasteiger partial charge >= 0.3 is 6.36 Å². The van der Waals surface area contributed by atoms with Gasteiger partial charge in [0.1, 0.15) is 5.75 Å². The zero-order chi connectivity index (χ0) is 12.3. The van der Waals surface area contributed by atoms with Gasteiger partial charge in [-0.3, -0.25) is 0 Å². The quantitative estimate of drug-likeness (QED) is 0.900. The third kappa shape index (κ3) is 5.14. The molecular weight excluding hydrogens is 322 g/mol. The molecule has 1 aromatic rings. The Morgan fingerprint density at radius 1 is 1.41 bits per heavy atom. The van der Waals surface area contributed by atoms with Crippen LogP contribution in [0.15, 0.2) is 22.7 Å². The minimum atomic E-state index is -4.70. The van der Waals surface area contributed by atoms with Gasteiger partial charge in [0.05, 0.1) is 0 Å². The van der Waals surface area contributed by atoms with Crippen molar-refractivity contribution in [3.63, 3.8) is 0 Å². The normalized spacial score (nSPS) is 12.8. The molecule has 0 heterocycles. The predicted octanol–water partition coefficient (Wildman–Crippen LogP) is 4.18. The van der Waals surface area contributed by atoms with Gasteiger partial charge in [-0.25, -0.2) is 0 Å². The highest BCUT2D eigenvalue weighted by Crippen LogP contribution is 2.32. The van der Waals surface area contributed by atoms with Crippen LogP contribution in [0.2, 0.25) is 0 Å². The molecule has 0 saturated heterocycles. The van der Waals surface area contributed by atoms with Gasteiger partial charge in [-0.05, 0) is 24.6 Å². The maximum absolute atomic E-state index is 12.1. The first-order chi connectivity index (χ1) is 7.33. The number of alkyl halides is 3. The van der Waals surface area contributed by atoms with E-state index in [4.69, 9.17) is 5.73 Å². The highest BCUT2D eigenvalue weighted by atomic mass is 79.9. The van der Waals surface area contributed by atoms with Gasteiger partial charge in [-0.2, -0.15) is 0 Å². The lowest BCUT2D eigenvalue weighted by atomic mass is 10.0. The third-order valence-corrected chi connectivity index (χ3v) is 2.53. The molecule has 0 aliphatic carbocycles. The predicted molar refractivity (Wildman–Crippen MR) is 65.3 cm³/mol. The van der Waals surface area contributed by atoms with E-state index in [0.717, 1.165) is 0 Å². The van der Waals surface area contributed by atoms with Crippen molar-refractivity contribution in [2.75, 3.05) is 0 Å². The average molecular weight is 335 g/mol. The first-order valence-corrected chi connectivity index (χ1v) is 5.43. The molecule has 2 N–H and O–H groups in total. The Kier molecular flexibility index (Phi) is 6.29. The summed E-state index contributed by atoms with van der Waals surface area (Å²) in [6.07, 6.45) is -4.17. The maximum atomic E-state index is 12.1. The maximum Gasteiger partial charge on any atom is 0.573 e. The van der Waals surface area contributed by atoms with E-state index in [2.05, 4.69) is 20.7 Å². The SMILES string of the molecule is CC[C@H](N)c1cc(Br)ccc1OC(F)(F)F.Cl. The summed E-state index contributed by atoms with van der Waals surface area (Å²) >= 11 is 3.18. The molecule has 0 bridgehead atoms. The second-order valence-electron chi connectivity index (χ2n) is 3.24. The summed E-state index contributed by atoms with van der Waals surface area (Å²) in [5.41, 5.74) is 6.06. The van der Waals surface area contributed by atoms with E-state index < -0.39 is 12.4 Å². The highest BCUT2D eigenvalue weighted by Gasteiger charge is 2.32. The number of ether oxygens (including phenoxy) is 1. The summed E-state index contributed by atoms with van der Waals surface area (Å²) in [6, 6.07) is 3.79. The average Bonchev–Trinajstić information content (AvgIpc) is 2.17. The summed E-state index contributed by atoms with van der Waals surface area (Å²) in [7, 11) is 0. The van der Waals surface area contributed by atoms with E-state index in [1.807, 2.05) is 0 Å². The Morgan fingerprint density at radius 2 is 2.00 bits per heavy atom. The monoisotopic (exact) mass is 333 g/mol. The lowest BCUT2D eigenvalue weighted by Gasteiger charge is -2.17. The number of nitrogens with two attached hydrogens (primary N) is 1. The molecule has 0 spiro atoms. The van der Waals surface area contributed by atoms with E-state index in [1.165, 1.54) is 18.2 Å². The minimum absolute atomic E-state index is 0. The Bertz CT molecular complexity index is 373. The van der Waals surface area contributed by atoms with Crippen LogP contribution < -0.4 is 10.5 Å². The molecule has 0 unspecified atom stereocenters. The molecule has 0 aliphatic heterocycles. The van der Waals surface area contributed by atoms with Crippen LogP contribution in [0, 0.1) is 0 Å². The Morgan fingerprint density at radius 3 is 2.47 bits per heavy atom. The Labute approximate surface area is 112 Å². The van der Waals surface area contributed by atoms with Gasteiger partial charge in [0.25, 0.3) is 0 Å². The standard InChI is InChI=1S/C10H11BrF3NO.ClH/c1-2-8(15)7-5-6(11)3-4-9(7)16-10(12,13)14;/h3-5,8H,2,15H2,1H3;1H/t8-;/m0./s1. The van der Waals surface area contributed by atoms with Crippen LogP contribution in [0.3, 0.4) is 0 Å². The molecule has 0 amide bonds. The van der Waals surface area contributed by atoms with Crippen LogP contribution in [-0.2, 0) is 0 Å². The second-order valence-corrected chi connectivity index (χ2v) is 4.16. The van der Waals surface area contributed by atoms with Crippen LogP contribution in [0.5, 0.6) is 5.75 Å². The number of hydrogen-bond donors (Lipinski definition) is 1. The van der Waals surface area contributed by atoms with Crippen molar-refractivity contribution in [1.82, 2.24) is 0 Å². The molecule has 0 fully saturated rings. The number of hydrogen-bond acceptors (Lipinski definition) is 2. The van der Waals surface area contributed by atoms with Gasteiger partial charge in [0, 0.05) is 16.1 Å². The summed E-state index contributed by atoms with van der Waals surface area (Å²) in [6.45, 7) is 1.79. The minimum Gasteiger partial charge on any atom is -0.405 e. The lowest BCUT2D eigenvalue weighted by molar-refractivity contribution is -0.275. The smallest absolute Gasteiger partial charge is 0.405 e. The largest absolute Gasteiger partial charge is 0.573 e. The molecule has 0 aliphatic rings. The Hall–Kier alpha value is -0.460. The molecule has 98 valence electrons. The fourth-order valence-corrected chi connectivity index (χ4v) is 1.63. The van der Waals surface area contributed by atoms with Gasteiger partial charge in [0.15, 0.2) is 0 Å². The molecule has 1 aromatic carbocycles. The molecule has 1 atom stereocenters. The number of rotatable bonds is 3. The third-order valence-electron chi connectivity index (χ3n) is 2.04. The van der Waals surface area contributed by atoms with Crippen molar-refractivity contribution in [3.8, 4) is 5.75 Å². The van der Waals surface area contributed by atoms with Gasteiger partial charge in [-0.15, -0.1) is 25.6 Å². The summed E-state index contributed by atoms with van der Waals surface area (Å²) in [5.74, 6) is -0.245. The number of halogens is 5. The first-order valence-electron chi connectivity index (χ1n) is 4.64. The van der Waals surface area contributed by atoms with E-state index in [9.17, 15) is 13.2 Å². The van der Waals surface area contributed by atoms with Crippen molar-refractivity contribution >= 4 is 28.3 Å². The summed E-state index contributed by atoms with van der Waals surface area (Å²) in [4.78, 5) is 0. The van der Waals surface area contributed by atoms with Crippen LogP contribution in [0.25, 0.3) is 0 Å². The van der Waals surface area contributed by atoms with Crippen molar-refractivity contribution < 1.29 is 17.9 Å².